The molecule has 0 radical (unpaired) electrons. The summed E-state index contributed by atoms with van der Waals surface area (Å²) in [7, 11) is 0. The van der Waals surface area contributed by atoms with Crippen LogP contribution in [0.15, 0.2) is 279 Å². The van der Waals surface area contributed by atoms with Gasteiger partial charge in [0.15, 0.2) is 0 Å². The van der Waals surface area contributed by atoms with Crippen molar-refractivity contribution in [2.45, 2.75) is 25.3 Å². The summed E-state index contributed by atoms with van der Waals surface area (Å²) in [6.07, 6.45) is 4.75. The van der Waals surface area contributed by atoms with Gasteiger partial charge in [0.05, 0.1) is 17.4 Å². The van der Waals surface area contributed by atoms with Crippen LogP contribution in [0.1, 0.15) is 41.7 Å². The van der Waals surface area contributed by atoms with Gasteiger partial charge in [0.25, 0.3) is 0 Å². The van der Waals surface area contributed by atoms with E-state index in [0.717, 1.165) is 22.6 Å². The molecule has 3 atom stereocenters. The lowest BCUT2D eigenvalue weighted by atomic mass is 9.74. The molecule has 0 N–H and O–H groups in total. The lowest BCUT2D eigenvalue weighted by molar-refractivity contribution is 0.653. The zero-order valence-corrected chi connectivity index (χ0v) is 42.1. The summed E-state index contributed by atoms with van der Waals surface area (Å²) in [5, 5.41) is 2.45. The first-order valence-corrected chi connectivity index (χ1v) is 26.4. The van der Waals surface area contributed by atoms with E-state index in [1.807, 2.05) is 0 Å². The van der Waals surface area contributed by atoms with Crippen LogP contribution < -0.4 is 9.80 Å². The molecule has 11 aromatic carbocycles. The van der Waals surface area contributed by atoms with Crippen molar-refractivity contribution in [1.29, 1.82) is 0 Å². The van der Waals surface area contributed by atoms with E-state index in [9.17, 15) is 0 Å². The van der Waals surface area contributed by atoms with Crippen molar-refractivity contribution in [3.63, 3.8) is 0 Å². The van der Waals surface area contributed by atoms with Gasteiger partial charge in [-0.3, -0.25) is 0 Å². The van der Waals surface area contributed by atoms with Gasteiger partial charge in [-0.2, -0.15) is 0 Å². The van der Waals surface area contributed by atoms with Crippen molar-refractivity contribution in [1.82, 2.24) is 0 Å². The summed E-state index contributed by atoms with van der Waals surface area (Å²) in [5.74, 6) is 0.218. The Hall–Kier alpha value is -9.24. The van der Waals surface area contributed by atoms with Crippen LogP contribution in [0.5, 0.6) is 0 Å². The van der Waals surface area contributed by atoms with Crippen LogP contribution in [0.4, 0.5) is 28.4 Å². The number of rotatable bonds is 9. The smallest absolute Gasteiger partial charge is 0.0664 e. The molecule has 356 valence electrons. The molecule has 2 nitrogen and oxygen atoms in total. The van der Waals surface area contributed by atoms with E-state index in [1.165, 1.54) is 100 Å². The van der Waals surface area contributed by atoms with Gasteiger partial charge < -0.3 is 9.80 Å². The number of anilines is 5. The minimum Gasteiger partial charge on any atom is -0.333 e. The SMILES string of the molecule is CC1C(c2ccc(N(c3ccccc3-c3cccc4c3-c3ccccc3C4(C)c3ccccc3)c3ccccc3-c3cccc4cccc(-c5ccccc5)c34)cc2)=CC=C2c3ccccc3N(c3ccccc3)C21. The first-order valence-electron chi connectivity index (χ1n) is 26.4. The molecular formula is C73H54N2. The molecular weight excluding hydrogens is 905 g/mol. The molecule has 0 amide bonds. The van der Waals surface area contributed by atoms with Crippen LogP contribution in [0.2, 0.25) is 0 Å². The summed E-state index contributed by atoms with van der Waals surface area (Å²) < 4.78 is 0. The van der Waals surface area contributed by atoms with Crippen molar-refractivity contribution in [2.75, 3.05) is 9.80 Å². The monoisotopic (exact) mass is 958 g/mol. The normalized spacial score (nSPS) is 17.1. The number of hydrogen-bond acceptors (Lipinski definition) is 2. The van der Waals surface area contributed by atoms with E-state index in [1.54, 1.807) is 0 Å². The molecule has 0 saturated carbocycles. The predicted octanol–water partition coefficient (Wildman–Crippen LogP) is 19.3. The molecule has 14 rings (SSSR count). The molecule has 0 fully saturated rings. The number of para-hydroxylation sites is 4. The van der Waals surface area contributed by atoms with E-state index < -0.39 is 0 Å². The Morgan fingerprint density at radius 2 is 0.907 bits per heavy atom. The Balaban J connectivity index is 0.959. The van der Waals surface area contributed by atoms with E-state index in [4.69, 9.17) is 0 Å². The van der Waals surface area contributed by atoms with Crippen LogP contribution >= 0.6 is 0 Å². The summed E-state index contributed by atoms with van der Waals surface area (Å²) in [6, 6.07) is 98.8. The largest absolute Gasteiger partial charge is 0.333 e. The van der Waals surface area contributed by atoms with E-state index in [-0.39, 0.29) is 17.4 Å². The third-order valence-electron chi connectivity index (χ3n) is 16.5. The zero-order valence-electron chi connectivity index (χ0n) is 42.1. The van der Waals surface area contributed by atoms with Gasteiger partial charge in [-0.25, -0.2) is 0 Å². The van der Waals surface area contributed by atoms with Crippen LogP contribution in [-0.4, -0.2) is 6.04 Å². The topological polar surface area (TPSA) is 6.48 Å². The second kappa shape index (κ2) is 18.1. The first kappa shape index (κ1) is 44.5. The molecule has 0 saturated heterocycles. The van der Waals surface area contributed by atoms with Gasteiger partial charge in [-0.1, -0.05) is 244 Å². The van der Waals surface area contributed by atoms with Crippen molar-refractivity contribution in [2.24, 2.45) is 5.92 Å². The minimum atomic E-state index is -0.328. The van der Waals surface area contributed by atoms with Crippen molar-refractivity contribution < 1.29 is 0 Å². The number of hydrogen-bond donors (Lipinski definition) is 0. The number of fused-ring (bicyclic) bond motifs is 7. The second-order valence-corrected chi connectivity index (χ2v) is 20.5. The number of nitrogens with zero attached hydrogens (tertiary/aromatic N) is 2. The molecule has 1 heterocycles. The van der Waals surface area contributed by atoms with Gasteiger partial charge in [0.2, 0.25) is 0 Å². The Kier molecular flexibility index (Phi) is 10.7. The van der Waals surface area contributed by atoms with Crippen LogP contribution in [-0.2, 0) is 5.41 Å². The molecule has 3 aliphatic rings. The van der Waals surface area contributed by atoms with Gasteiger partial charge in [0.1, 0.15) is 0 Å². The van der Waals surface area contributed by atoms with Gasteiger partial charge in [-0.05, 0) is 127 Å². The van der Waals surface area contributed by atoms with Crippen LogP contribution in [0, 0.1) is 5.92 Å². The molecule has 1 aliphatic heterocycles. The fraction of sp³-hybridized carbons (Fsp3) is 0.0685. The fourth-order valence-corrected chi connectivity index (χ4v) is 13.1. The molecule has 2 aliphatic carbocycles. The first-order chi connectivity index (χ1) is 37.1. The van der Waals surface area contributed by atoms with Crippen molar-refractivity contribution in [3.8, 4) is 44.5 Å². The lowest BCUT2D eigenvalue weighted by Crippen LogP contribution is -2.34. The maximum absolute atomic E-state index is 2.56. The van der Waals surface area contributed by atoms with Crippen molar-refractivity contribution >= 4 is 50.4 Å². The lowest BCUT2D eigenvalue weighted by Gasteiger charge is -2.36. The maximum Gasteiger partial charge on any atom is 0.0664 e. The highest BCUT2D eigenvalue weighted by atomic mass is 15.2. The average Bonchev–Trinajstić information content (AvgIpc) is 4.02. The third kappa shape index (κ3) is 7.08. The van der Waals surface area contributed by atoms with Crippen LogP contribution in [0.25, 0.3) is 66.4 Å². The molecule has 0 aromatic heterocycles. The highest BCUT2D eigenvalue weighted by Crippen LogP contribution is 2.57. The summed E-state index contributed by atoms with van der Waals surface area (Å²) in [5.41, 5.74) is 24.4. The third-order valence-corrected chi connectivity index (χ3v) is 16.5. The predicted molar refractivity (Wildman–Crippen MR) is 316 cm³/mol. The minimum absolute atomic E-state index is 0.169. The van der Waals surface area contributed by atoms with Gasteiger partial charge in [0, 0.05) is 45.1 Å². The zero-order chi connectivity index (χ0) is 50.0. The molecule has 75 heavy (non-hydrogen) atoms. The Labute approximate surface area is 440 Å². The van der Waals surface area contributed by atoms with Gasteiger partial charge >= 0.3 is 0 Å². The Morgan fingerprint density at radius 3 is 1.63 bits per heavy atom. The van der Waals surface area contributed by atoms with Gasteiger partial charge in [-0.15, -0.1) is 0 Å². The number of allylic oxidation sites excluding steroid dienone is 2. The second-order valence-electron chi connectivity index (χ2n) is 20.5. The molecule has 2 heteroatoms. The van der Waals surface area contributed by atoms with E-state index >= 15 is 0 Å². The highest BCUT2D eigenvalue weighted by Gasteiger charge is 2.43. The fourth-order valence-electron chi connectivity index (χ4n) is 13.1. The molecule has 0 bridgehead atoms. The molecule has 11 aromatic rings. The summed E-state index contributed by atoms with van der Waals surface area (Å²) in [6.45, 7) is 4.82. The molecule has 0 spiro atoms. The standard InChI is InChI=1S/C73H54N2/c1-49-56(47-48-63-60-33-15-19-42-69(60)75(72(49)63)54-29-10-5-11-30-54)51-43-45-55(46-44-51)74(67-40-17-13-31-58(67)61-36-21-26-52-25-20-35-57(70(52)61)50-23-6-3-7-24-50)68-41-18-14-32-59(68)62-37-22-39-66-71(62)64-34-12-16-38-65(64)73(66,2)53-27-8-4-9-28-53/h3-49,72H,1-2H3. The summed E-state index contributed by atoms with van der Waals surface area (Å²) in [4.78, 5) is 5.08. The Morgan fingerprint density at radius 1 is 0.387 bits per heavy atom. The molecule has 3 unspecified atom stereocenters. The van der Waals surface area contributed by atoms with Crippen LogP contribution in [0.3, 0.4) is 0 Å². The number of benzene rings is 11. The highest BCUT2D eigenvalue weighted by molar-refractivity contribution is 6.09. The summed E-state index contributed by atoms with van der Waals surface area (Å²) >= 11 is 0. The average molecular weight is 959 g/mol. The van der Waals surface area contributed by atoms with E-state index in [0.29, 0.717) is 0 Å². The van der Waals surface area contributed by atoms with E-state index in [2.05, 4.69) is 303 Å². The Bertz CT molecular complexity index is 4030. The maximum atomic E-state index is 2.56. The quantitative estimate of drug-likeness (QED) is 0.142. The van der Waals surface area contributed by atoms with Crippen molar-refractivity contribution in [3.05, 3.63) is 307 Å².